The number of hydrogen-bond acceptors (Lipinski definition) is 33. The molecule has 0 aromatic heterocycles. The first-order chi connectivity index (χ1) is 35.9. The van der Waals surface area contributed by atoms with Gasteiger partial charge in [-0.25, -0.2) is 4.79 Å². The Labute approximate surface area is 430 Å². The summed E-state index contributed by atoms with van der Waals surface area (Å²) in [7, 11) is 1.10. The highest BCUT2D eigenvalue weighted by Crippen LogP contribution is 2.38. The van der Waals surface area contributed by atoms with Gasteiger partial charge in [0.15, 0.2) is 50.1 Å². The molecule has 76 heavy (non-hydrogen) atoms. The van der Waals surface area contributed by atoms with Gasteiger partial charge in [0.25, 0.3) is 0 Å². The van der Waals surface area contributed by atoms with Gasteiger partial charge in [-0.2, -0.15) is 0 Å². The quantitative estimate of drug-likeness (QED) is 0.0643. The number of carboxylic acids is 1. The average Bonchev–Trinajstić information content (AvgIpc) is 3.39. The summed E-state index contributed by atoms with van der Waals surface area (Å²) in [4.78, 5) is 12.6. The Kier molecular flexibility index (Phi) is 21.1. The molecule has 7 fully saturated rings. The predicted octanol–water partition coefficient (Wildman–Crippen LogP) is -12.8. The molecule has 0 spiro atoms. The molecule has 34 atom stereocenters. The zero-order valence-corrected chi connectivity index (χ0v) is 40.6. The Balaban J connectivity index is 1.02. The van der Waals surface area contributed by atoms with Crippen molar-refractivity contribution in [2.45, 2.75) is 223 Å². The van der Waals surface area contributed by atoms with Crippen LogP contribution in [0, 0.1) is 0 Å². The fourth-order valence-electron chi connectivity index (χ4n) is 9.78. The van der Waals surface area contributed by atoms with Crippen LogP contribution >= 0.6 is 0 Å². The van der Waals surface area contributed by atoms with E-state index in [1.165, 1.54) is 13.8 Å². The normalized spacial score (nSPS) is 53.5. The Morgan fingerprint density at radius 3 is 1.38 bits per heavy atom. The maximum atomic E-state index is 12.6. The lowest BCUT2D eigenvalue weighted by molar-refractivity contribution is -0.398. The number of ether oxygens (including phenoxy) is 14. The van der Waals surface area contributed by atoms with Crippen LogP contribution in [0.15, 0.2) is 0 Å². The molecular formula is C42H70O34. The van der Waals surface area contributed by atoms with Gasteiger partial charge in [0.1, 0.15) is 146 Å². The smallest absolute Gasteiger partial charge is 0.335 e. The Bertz CT molecular complexity index is 1830. The lowest BCUT2D eigenvalue weighted by Gasteiger charge is -2.50. The highest BCUT2D eigenvalue weighted by Gasteiger charge is 2.58. The van der Waals surface area contributed by atoms with Crippen LogP contribution in [0.2, 0.25) is 0 Å². The Hall–Kier alpha value is -1.81. The highest BCUT2D eigenvalue weighted by molar-refractivity contribution is 5.73. The van der Waals surface area contributed by atoms with Gasteiger partial charge in [0.2, 0.25) is 0 Å². The van der Waals surface area contributed by atoms with Gasteiger partial charge in [-0.05, 0) is 13.8 Å². The van der Waals surface area contributed by atoms with Gasteiger partial charge in [-0.15, -0.1) is 0 Å². The van der Waals surface area contributed by atoms with E-state index in [1.807, 2.05) is 0 Å². The molecule has 0 saturated carbocycles. The third kappa shape index (κ3) is 12.5. The summed E-state index contributed by atoms with van der Waals surface area (Å²) in [5, 5.41) is 201. The monoisotopic (exact) mass is 1120 g/mol. The van der Waals surface area contributed by atoms with E-state index < -0.39 is 241 Å². The Morgan fingerprint density at radius 1 is 0.395 bits per heavy atom. The molecule has 7 aliphatic rings. The maximum absolute atomic E-state index is 12.6. The molecule has 0 aliphatic carbocycles. The summed E-state index contributed by atoms with van der Waals surface area (Å²) in [6, 6.07) is 0. The van der Waals surface area contributed by atoms with Gasteiger partial charge in [-0.1, -0.05) is 0 Å². The van der Waals surface area contributed by atoms with Gasteiger partial charge >= 0.3 is 5.97 Å². The first-order valence-corrected chi connectivity index (χ1v) is 24.2. The summed E-state index contributed by atoms with van der Waals surface area (Å²) in [5.41, 5.74) is 0. The molecule has 442 valence electrons. The van der Waals surface area contributed by atoms with E-state index in [9.17, 15) is 102 Å². The van der Waals surface area contributed by atoms with E-state index in [0.717, 1.165) is 7.11 Å². The maximum Gasteiger partial charge on any atom is 0.335 e. The molecule has 7 rings (SSSR count). The van der Waals surface area contributed by atoms with E-state index in [-0.39, 0.29) is 0 Å². The van der Waals surface area contributed by atoms with Gasteiger partial charge in [0.05, 0.1) is 38.6 Å². The molecule has 34 heteroatoms. The Morgan fingerprint density at radius 2 is 0.842 bits per heavy atom. The molecule has 0 radical (unpaired) electrons. The molecule has 0 unspecified atom stereocenters. The minimum absolute atomic E-state index is 0.733. The molecule has 0 amide bonds. The number of carboxylic acid groups (broad SMARTS) is 1. The zero-order chi connectivity index (χ0) is 55.9. The molecule has 7 heterocycles. The zero-order valence-electron chi connectivity index (χ0n) is 40.6. The second-order valence-electron chi connectivity index (χ2n) is 19.3. The summed E-state index contributed by atoms with van der Waals surface area (Å²) in [5.74, 6) is -1.87. The highest BCUT2D eigenvalue weighted by atomic mass is 16.8. The van der Waals surface area contributed by atoms with Crippen LogP contribution in [0.1, 0.15) is 13.8 Å². The van der Waals surface area contributed by atoms with Gasteiger partial charge < -0.3 is 163 Å². The number of aliphatic hydroxyl groups excluding tert-OH is 18. The lowest BCUT2D eigenvalue weighted by Crippen LogP contribution is -2.68. The molecular weight excluding hydrogens is 1050 g/mol. The number of aliphatic hydroxyl groups is 18. The van der Waals surface area contributed by atoms with E-state index in [2.05, 4.69) is 0 Å². The van der Waals surface area contributed by atoms with E-state index >= 15 is 0 Å². The number of hydrogen-bond donors (Lipinski definition) is 19. The van der Waals surface area contributed by atoms with E-state index in [1.54, 1.807) is 0 Å². The van der Waals surface area contributed by atoms with Crippen LogP contribution in [0.3, 0.4) is 0 Å². The number of rotatable bonds is 17. The van der Waals surface area contributed by atoms with Gasteiger partial charge in [0, 0.05) is 7.11 Å². The van der Waals surface area contributed by atoms with Crippen molar-refractivity contribution >= 4 is 5.97 Å². The molecule has 19 N–H and O–H groups in total. The fraction of sp³-hybridized carbons (Fsp3) is 0.976. The molecule has 0 aromatic carbocycles. The molecule has 0 bridgehead atoms. The predicted molar refractivity (Wildman–Crippen MR) is 228 cm³/mol. The second-order valence-corrected chi connectivity index (χ2v) is 19.3. The van der Waals surface area contributed by atoms with Crippen LogP contribution in [0.25, 0.3) is 0 Å². The van der Waals surface area contributed by atoms with Crippen molar-refractivity contribution in [3.05, 3.63) is 0 Å². The van der Waals surface area contributed by atoms with Crippen LogP contribution in [0.4, 0.5) is 0 Å². The minimum Gasteiger partial charge on any atom is -0.479 e. The largest absolute Gasteiger partial charge is 0.479 e. The number of methoxy groups -OCH3 is 1. The third-order valence-corrected chi connectivity index (χ3v) is 14.3. The second kappa shape index (κ2) is 26.0. The summed E-state index contributed by atoms with van der Waals surface area (Å²) >= 11 is 0. The van der Waals surface area contributed by atoms with Crippen molar-refractivity contribution < 1.29 is 168 Å². The standard InChI is InChI=1S/C42H70O34/c1-8-14(46)18(50)23(55)38(65-8)72-29-12(6-45)67-36(62)31(27(29)59)74-41-26(58)21(53)30(33(76-41)35(60)61)73-37-22(54)17(49)13(7-64-37)70-42-34(63-3)32(75-40-25(57)20(52)16(48)11(5-44)69-40)28(9(2)66-42)71-39-24(56)19(51)15(47)10(4-43)68-39/h8-34,36-59,62H,4-7H2,1-3H3,(H,60,61)/t8-,9-,10+,11+,12+,13+,14-,15+,16-,17-,18+,19-,20-,21+,22+,23+,24+,25+,26+,27-,28+,29+,30-,31-,32+,33-,34-,36-,37-,38-,39-,40+,41-,42-/m0/s1. The number of carbonyl (C=O) groups is 1. The lowest BCUT2D eigenvalue weighted by atomic mass is 9.95. The van der Waals surface area contributed by atoms with Crippen molar-refractivity contribution in [3.63, 3.8) is 0 Å². The van der Waals surface area contributed by atoms with Crippen molar-refractivity contribution in [2.75, 3.05) is 33.5 Å². The van der Waals surface area contributed by atoms with Crippen LogP contribution in [0.5, 0.6) is 0 Å². The molecule has 34 nitrogen and oxygen atoms in total. The van der Waals surface area contributed by atoms with Gasteiger partial charge in [-0.3, -0.25) is 0 Å². The van der Waals surface area contributed by atoms with Crippen molar-refractivity contribution in [3.8, 4) is 0 Å². The van der Waals surface area contributed by atoms with E-state index in [0.29, 0.717) is 0 Å². The van der Waals surface area contributed by atoms with Crippen molar-refractivity contribution in [1.29, 1.82) is 0 Å². The minimum atomic E-state index is -2.32. The number of aliphatic carboxylic acids is 1. The van der Waals surface area contributed by atoms with Crippen molar-refractivity contribution in [1.82, 2.24) is 0 Å². The molecule has 7 aliphatic heterocycles. The topological polar surface area (TPSA) is 531 Å². The average molecular weight is 1120 g/mol. The van der Waals surface area contributed by atoms with E-state index in [4.69, 9.17) is 66.3 Å². The first-order valence-electron chi connectivity index (χ1n) is 24.2. The fourth-order valence-corrected chi connectivity index (χ4v) is 9.78. The molecule has 7 saturated heterocycles. The summed E-state index contributed by atoms with van der Waals surface area (Å²) in [6.07, 6.45) is -62.8. The van der Waals surface area contributed by atoms with Crippen LogP contribution < -0.4 is 0 Å². The SMILES string of the molecule is CO[C@@H]1[C@H](O[C@@H]2CO[C@@H](O[C@H]3[C@H](O)[C@@H](O)[C@@H](O[C@H]4[C@@H](O)[C@H](O[C@@H]5O[C@@H](C)[C@H](O)[C@@H](O)[C@H]5O)[C@@H](CO)O[C@@H]4O)O[C@@H]3C(=O)O)[C@H](O)[C@H]2O)O[C@@H](C)[C@@H](O[C@@H]2O[C@H](CO)[C@@H](O)[C@H](O)[C@H]2O)[C@H]1O[C@H]1O[C@H](CO)[C@H](O)[C@H](O)[C@H]1O. The summed E-state index contributed by atoms with van der Waals surface area (Å²) in [6.45, 7) is -0.681. The summed E-state index contributed by atoms with van der Waals surface area (Å²) < 4.78 is 79.4. The first kappa shape index (κ1) is 61.8. The van der Waals surface area contributed by atoms with Crippen molar-refractivity contribution in [2.24, 2.45) is 0 Å². The molecule has 0 aromatic rings. The van der Waals surface area contributed by atoms with Crippen LogP contribution in [-0.4, -0.2) is 345 Å². The van der Waals surface area contributed by atoms with Crippen LogP contribution in [-0.2, 0) is 71.1 Å². The third-order valence-electron chi connectivity index (χ3n) is 14.3.